The zero-order valence-electron chi connectivity index (χ0n) is 35.9. The molecule has 12 aromatic carbocycles. The fourth-order valence-corrected chi connectivity index (χ4v) is 11.2. The lowest BCUT2D eigenvalue weighted by Gasteiger charge is -2.18. The molecule has 0 radical (unpaired) electrons. The summed E-state index contributed by atoms with van der Waals surface area (Å²) in [7, 11) is 0. The van der Waals surface area contributed by atoms with Crippen LogP contribution in [-0.4, -0.2) is 4.57 Å². The zero-order valence-corrected chi connectivity index (χ0v) is 35.9. The topological polar surface area (TPSA) is 18.1 Å². The summed E-state index contributed by atoms with van der Waals surface area (Å²) in [5, 5.41) is 14.5. The predicted octanol–water partition coefficient (Wildman–Crippen LogP) is 18.0. The molecule has 0 saturated heterocycles. The number of hydrogen-bond acceptors (Lipinski definition) is 1. The van der Waals surface area contributed by atoms with Crippen LogP contribution in [0, 0.1) is 0 Å². The minimum absolute atomic E-state index is 0.879. The molecule has 0 N–H and O–H groups in total. The maximum Gasteiger partial charge on any atom is 0.143 e. The molecule has 0 atom stereocenters. The van der Waals surface area contributed by atoms with Crippen molar-refractivity contribution in [3.63, 3.8) is 0 Å². The maximum absolute atomic E-state index is 7.14. The molecular formula is C64H39NO. The van der Waals surface area contributed by atoms with Gasteiger partial charge in [0, 0.05) is 38.4 Å². The second-order valence-electron chi connectivity index (χ2n) is 17.5. The Morgan fingerprint density at radius 2 is 0.652 bits per heavy atom. The minimum atomic E-state index is 0.879. The molecule has 2 heterocycles. The first-order valence-electron chi connectivity index (χ1n) is 22.8. The molecule has 306 valence electrons. The van der Waals surface area contributed by atoms with Gasteiger partial charge < -0.3 is 8.98 Å². The fourth-order valence-electron chi connectivity index (χ4n) is 11.2. The average Bonchev–Trinajstić information content (AvgIpc) is 3.93. The maximum atomic E-state index is 7.14. The summed E-state index contributed by atoms with van der Waals surface area (Å²) in [4.78, 5) is 0. The van der Waals surface area contributed by atoms with Crippen molar-refractivity contribution in [1.82, 2.24) is 4.57 Å². The molecule has 2 heteroatoms. The van der Waals surface area contributed by atoms with Gasteiger partial charge in [0.2, 0.25) is 0 Å². The van der Waals surface area contributed by atoms with Crippen LogP contribution in [0.15, 0.2) is 241 Å². The van der Waals surface area contributed by atoms with Crippen molar-refractivity contribution in [2.45, 2.75) is 0 Å². The van der Waals surface area contributed by atoms with E-state index >= 15 is 0 Å². The van der Waals surface area contributed by atoms with Crippen LogP contribution in [0.3, 0.4) is 0 Å². The van der Waals surface area contributed by atoms with Crippen LogP contribution < -0.4 is 0 Å². The summed E-state index contributed by atoms with van der Waals surface area (Å²) >= 11 is 0. The second-order valence-corrected chi connectivity index (χ2v) is 17.5. The highest BCUT2D eigenvalue weighted by Gasteiger charge is 2.22. The SMILES string of the molecule is c1ccc(-c2c3ccccc3c(-c3ccc4c(c3)oc3c(-c5c6ccccc6c(-c6ccc(-n7c8ccccc8c8ccccc87)cc6)c6ccccc56)cccc34)c3ccccc23)cc1. The lowest BCUT2D eigenvalue weighted by atomic mass is 9.85. The van der Waals surface area contributed by atoms with Gasteiger partial charge in [-0.05, 0) is 113 Å². The van der Waals surface area contributed by atoms with Gasteiger partial charge in [0.15, 0.2) is 0 Å². The van der Waals surface area contributed by atoms with Crippen molar-refractivity contribution in [2.75, 3.05) is 0 Å². The third-order valence-electron chi connectivity index (χ3n) is 14.0. The highest BCUT2D eigenvalue weighted by Crippen LogP contribution is 2.48. The summed E-state index contributed by atoms with van der Waals surface area (Å²) in [6, 6.07) is 86.3. The van der Waals surface area contributed by atoms with Gasteiger partial charge in [0.05, 0.1) is 11.0 Å². The van der Waals surface area contributed by atoms with E-state index in [-0.39, 0.29) is 0 Å². The molecular weight excluding hydrogens is 799 g/mol. The summed E-state index contributed by atoms with van der Waals surface area (Å²) in [5.74, 6) is 0. The number of nitrogens with zero attached hydrogens (tertiary/aromatic N) is 1. The predicted molar refractivity (Wildman–Crippen MR) is 280 cm³/mol. The number of aromatic nitrogens is 1. The van der Waals surface area contributed by atoms with Crippen LogP contribution in [-0.2, 0) is 0 Å². The molecule has 2 aromatic heterocycles. The van der Waals surface area contributed by atoms with Crippen LogP contribution in [0.2, 0.25) is 0 Å². The number of furan rings is 1. The van der Waals surface area contributed by atoms with Gasteiger partial charge in [-0.1, -0.05) is 200 Å². The first kappa shape index (κ1) is 36.7. The molecule has 66 heavy (non-hydrogen) atoms. The number of para-hydroxylation sites is 3. The van der Waals surface area contributed by atoms with Crippen molar-refractivity contribution in [3.05, 3.63) is 237 Å². The van der Waals surface area contributed by atoms with Gasteiger partial charge in [-0.15, -0.1) is 0 Å². The Balaban J connectivity index is 0.949. The van der Waals surface area contributed by atoms with E-state index in [2.05, 4.69) is 241 Å². The lowest BCUT2D eigenvalue weighted by molar-refractivity contribution is 0.670. The van der Waals surface area contributed by atoms with Crippen molar-refractivity contribution in [1.29, 1.82) is 0 Å². The third kappa shape index (κ3) is 5.36. The number of fused-ring (bicyclic) bond motifs is 10. The quantitative estimate of drug-likeness (QED) is 0.158. The third-order valence-corrected chi connectivity index (χ3v) is 14.0. The van der Waals surface area contributed by atoms with Gasteiger partial charge in [-0.3, -0.25) is 0 Å². The molecule has 0 amide bonds. The van der Waals surface area contributed by atoms with Gasteiger partial charge in [-0.25, -0.2) is 0 Å². The molecule has 14 aromatic rings. The van der Waals surface area contributed by atoms with Crippen LogP contribution in [0.25, 0.3) is 137 Å². The first-order valence-corrected chi connectivity index (χ1v) is 22.8. The van der Waals surface area contributed by atoms with Crippen molar-refractivity contribution in [2.24, 2.45) is 0 Å². The van der Waals surface area contributed by atoms with Crippen LogP contribution in [0.4, 0.5) is 0 Å². The standard InChI is InChI=1S/C64H39NO/c1-2-17-40(18-3-1)60-47-21-4-6-23-49(47)62(50-24-7-5-22-48(50)60)42-35-38-46-55-29-16-30-56(64(55)66-59(46)39-42)63-53-27-10-8-25-51(53)61(52-26-9-11-28-54(52)63)41-33-36-43(37-34-41)65-57-31-14-12-19-44(57)45-20-13-15-32-58(45)65/h1-39H. The summed E-state index contributed by atoms with van der Waals surface area (Å²) in [6.45, 7) is 0. The molecule has 2 nitrogen and oxygen atoms in total. The zero-order chi connectivity index (χ0) is 43.3. The van der Waals surface area contributed by atoms with Crippen molar-refractivity contribution >= 4 is 86.8 Å². The first-order chi connectivity index (χ1) is 32.8. The van der Waals surface area contributed by atoms with Gasteiger partial charge >= 0.3 is 0 Å². The molecule has 0 unspecified atom stereocenters. The van der Waals surface area contributed by atoms with E-state index in [1.165, 1.54) is 98.3 Å². The Kier molecular flexibility index (Phi) is 8.02. The summed E-state index contributed by atoms with van der Waals surface area (Å²) in [5.41, 5.74) is 14.9. The molecule has 0 spiro atoms. The second kappa shape index (κ2) is 14.4. The molecule has 0 aliphatic heterocycles. The number of hydrogen-bond donors (Lipinski definition) is 0. The smallest absolute Gasteiger partial charge is 0.143 e. The molecule has 0 bridgehead atoms. The Hall–Kier alpha value is -8.72. The van der Waals surface area contributed by atoms with E-state index in [9.17, 15) is 0 Å². The van der Waals surface area contributed by atoms with E-state index in [0.717, 1.165) is 38.8 Å². The Bertz CT molecular complexity index is 4100. The highest BCUT2D eigenvalue weighted by molar-refractivity contribution is 6.25. The number of rotatable bonds is 5. The Morgan fingerprint density at radius 1 is 0.258 bits per heavy atom. The highest BCUT2D eigenvalue weighted by atomic mass is 16.3. The Morgan fingerprint density at radius 3 is 1.17 bits per heavy atom. The molecule has 0 fully saturated rings. The van der Waals surface area contributed by atoms with E-state index in [1.54, 1.807) is 0 Å². The van der Waals surface area contributed by atoms with E-state index in [4.69, 9.17) is 4.42 Å². The van der Waals surface area contributed by atoms with Crippen molar-refractivity contribution < 1.29 is 4.42 Å². The van der Waals surface area contributed by atoms with E-state index in [1.807, 2.05) is 0 Å². The van der Waals surface area contributed by atoms with Crippen LogP contribution in [0.5, 0.6) is 0 Å². The molecule has 0 aliphatic rings. The fraction of sp³-hybridized carbons (Fsp3) is 0. The monoisotopic (exact) mass is 837 g/mol. The molecule has 0 saturated carbocycles. The summed E-state index contributed by atoms with van der Waals surface area (Å²) in [6.07, 6.45) is 0. The summed E-state index contributed by atoms with van der Waals surface area (Å²) < 4.78 is 9.52. The average molecular weight is 838 g/mol. The van der Waals surface area contributed by atoms with Crippen LogP contribution >= 0.6 is 0 Å². The lowest BCUT2D eigenvalue weighted by Crippen LogP contribution is -1.94. The largest absolute Gasteiger partial charge is 0.455 e. The Labute approximate surface area is 380 Å². The van der Waals surface area contributed by atoms with Gasteiger partial charge in [0.1, 0.15) is 11.2 Å². The number of benzene rings is 12. The van der Waals surface area contributed by atoms with E-state index in [0.29, 0.717) is 0 Å². The van der Waals surface area contributed by atoms with Gasteiger partial charge in [0.25, 0.3) is 0 Å². The normalized spacial score (nSPS) is 11.9. The van der Waals surface area contributed by atoms with Crippen LogP contribution in [0.1, 0.15) is 0 Å². The van der Waals surface area contributed by atoms with E-state index < -0.39 is 0 Å². The molecule has 14 rings (SSSR count). The van der Waals surface area contributed by atoms with Gasteiger partial charge in [-0.2, -0.15) is 0 Å². The minimum Gasteiger partial charge on any atom is -0.455 e. The van der Waals surface area contributed by atoms with Crippen molar-refractivity contribution in [3.8, 4) is 50.2 Å². The molecule has 0 aliphatic carbocycles.